The maximum atomic E-state index is 12.5. The van der Waals surface area contributed by atoms with Gasteiger partial charge in [0, 0.05) is 12.6 Å². The Hall–Kier alpha value is -2.60. The number of aliphatic hydroxyl groups is 1. The second kappa shape index (κ2) is 7.79. The zero-order chi connectivity index (χ0) is 17.6. The summed E-state index contributed by atoms with van der Waals surface area (Å²) in [5, 5.41) is 12.4. The third-order valence-corrected chi connectivity index (χ3v) is 3.32. The first-order valence-electron chi connectivity index (χ1n) is 7.22. The summed E-state index contributed by atoms with van der Waals surface area (Å²) in [5.41, 5.74) is 0.375. The topological polar surface area (TPSA) is 49.3 Å². The van der Waals surface area contributed by atoms with Crippen LogP contribution in [-0.2, 0) is 11.0 Å². The van der Waals surface area contributed by atoms with Crippen molar-refractivity contribution in [2.75, 3.05) is 6.54 Å². The van der Waals surface area contributed by atoms with Crippen LogP contribution in [0.5, 0.6) is 0 Å². The van der Waals surface area contributed by atoms with Crippen molar-refractivity contribution >= 4 is 12.0 Å². The monoisotopic (exact) mass is 335 g/mol. The maximum Gasteiger partial charge on any atom is 0.416 e. The number of halogens is 3. The van der Waals surface area contributed by atoms with Gasteiger partial charge in [-0.2, -0.15) is 13.2 Å². The normalized spacial score (nSPS) is 13.0. The molecule has 1 amide bonds. The molecule has 0 aliphatic heterocycles. The number of hydrogen-bond donors (Lipinski definition) is 2. The van der Waals surface area contributed by atoms with Crippen molar-refractivity contribution in [1.82, 2.24) is 5.32 Å². The van der Waals surface area contributed by atoms with E-state index in [2.05, 4.69) is 5.32 Å². The van der Waals surface area contributed by atoms with Crippen LogP contribution in [0.2, 0.25) is 0 Å². The molecule has 1 atom stereocenters. The molecule has 6 heteroatoms. The summed E-state index contributed by atoms with van der Waals surface area (Å²) in [6, 6.07) is 13.4. The Morgan fingerprint density at radius 2 is 1.71 bits per heavy atom. The van der Waals surface area contributed by atoms with E-state index >= 15 is 0 Å². The van der Waals surface area contributed by atoms with Crippen molar-refractivity contribution < 1.29 is 23.1 Å². The lowest BCUT2D eigenvalue weighted by Crippen LogP contribution is -2.26. The Balaban J connectivity index is 1.87. The van der Waals surface area contributed by atoms with Gasteiger partial charge in [0.25, 0.3) is 0 Å². The first-order valence-corrected chi connectivity index (χ1v) is 7.22. The number of benzene rings is 2. The molecule has 2 rings (SSSR count). The average molecular weight is 335 g/mol. The molecule has 126 valence electrons. The molecule has 0 bridgehead atoms. The molecule has 0 spiro atoms. The van der Waals surface area contributed by atoms with E-state index in [0.717, 1.165) is 17.7 Å². The van der Waals surface area contributed by atoms with Gasteiger partial charge in [-0.15, -0.1) is 0 Å². The maximum absolute atomic E-state index is 12.5. The number of hydrogen-bond acceptors (Lipinski definition) is 2. The first-order chi connectivity index (χ1) is 11.4. The van der Waals surface area contributed by atoms with Gasteiger partial charge in [-0.3, -0.25) is 4.79 Å². The van der Waals surface area contributed by atoms with Crippen molar-refractivity contribution in [3.63, 3.8) is 0 Å². The molecule has 0 aliphatic rings. The number of aliphatic hydroxyl groups excluding tert-OH is 1. The Labute approximate surface area is 137 Å². The smallest absolute Gasteiger partial charge is 0.387 e. The Kier molecular flexibility index (Phi) is 5.76. The predicted octanol–water partition coefficient (Wildman–Crippen LogP) is 3.57. The molecule has 0 fully saturated rings. The van der Waals surface area contributed by atoms with Gasteiger partial charge in [0.2, 0.25) is 5.91 Å². The van der Waals surface area contributed by atoms with E-state index in [-0.39, 0.29) is 6.54 Å². The van der Waals surface area contributed by atoms with E-state index in [4.69, 9.17) is 0 Å². The fourth-order valence-electron chi connectivity index (χ4n) is 2.00. The van der Waals surface area contributed by atoms with Crippen molar-refractivity contribution in [2.24, 2.45) is 0 Å². The standard InChI is InChI=1S/C18H16F3NO2/c19-18(20,21)15-9-7-14(8-10-15)16(23)12-22-17(24)11-6-13-4-2-1-3-5-13/h1-11,16,23H,12H2,(H,22,24)/b11-6+/t16-/m1/s1. The second-order valence-electron chi connectivity index (χ2n) is 5.12. The second-order valence-corrected chi connectivity index (χ2v) is 5.12. The highest BCUT2D eigenvalue weighted by Gasteiger charge is 2.30. The fourth-order valence-corrected chi connectivity index (χ4v) is 2.00. The zero-order valence-electron chi connectivity index (χ0n) is 12.6. The van der Waals surface area contributed by atoms with Crippen molar-refractivity contribution in [3.05, 3.63) is 77.4 Å². The molecule has 3 nitrogen and oxygen atoms in total. The van der Waals surface area contributed by atoms with Gasteiger partial charge in [-0.25, -0.2) is 0 Å². The number of alkyl halides is 3. The molecule has 0 saturated heterocycles. The van der Waals surface area contributed by atoms with Gasteiger partial charge in [-0.1, -0.05) is 42.5 Å². The van der Waals surface area contributed by atoms with Gasteiger partial charge < -0.3 is 10.4 Å². The number of carbonyl (C=O) groups is 1. The Morgan fingerprint density at radius 3 is 2.29 bits per heavy atom. The Morgan fingerprint density at radius 1 is 1.08 bits per heavy atom. The summed E-state index contributed by atoms with van der Waals surface area (Å²) in [7, 11) is 0. The van der Waals surface area contributed by atoms with E-state index in [1.807, 2.05) is 30.3 Å². The van der Waals surface area contributed by atoms with Gasteiger partial charge in [0.15, 0.2) is 0 Å². The summed E-state index contributed by atoms with van der Waals surface area (Å²) < 4.78 is 37.4. The summed E-state index contributed by atoms with van der Waals surface area (Å²) in [6.45, 7) is -0.0939. The third kappa shape index (κ3) is 5.24. The molecule has 0 aliphatic carbocycles. The molecule has 0 radical (unpaired) electrons. The molecule has 2 N–H and O–H groups in total. The molecule has 0 heterocycles. The summed E-state index contributed by atoms with van der Waals surface area (Å²) in [4.78, 5) is 11.7. The van der Waals surface area contributed by atoms with E-state index in [9.17, 15) is 23.1 Å². The highest BCUT2D eigenvalue weighted by Crippen LogP contribution is 2.29. The molecule has 0 aromatic heterocycles. The SMILES string of the molecule is O=C(/C=C/c1ccccc1)NC[C@@H](O)c1ccc(C(F)(F)F)cc1. The highest BCUT2D eigenvalue weighted by molar-refractivity contribution is 5.91. The number of nitrogens with one attached hydrogen (secondary N) is 1. The van der Waals surface area contributed by atoms with Crippen molar-refractivity contribution in [2.45, 2.75) is 12.3 Å². The van der Waals surface area contributed by atoms with Crippen molar-refractivity contribution in [3.8, 4) is 0 Å². The minimum Gasteiger partial charge on any atom is -0.387 e. The van der Waals surface area contributed by atoms with E-state index in [1.165, 1.54) is 18.2 Å². The lowest BCUT2D eigenvalue weighted by Gasteiger charge is -2.13. The average Bonchev–Trinajstić information content (AvgIpc) is 2.58. The number of amides is 1. The van der Waals surface area contributed by atoms with Gasteiger partial charge in [0.05, 0.1) is 11.7 Å². The summed E-state index contributed by atoms with van der Waals surface area (Å²) in [5.74, 6) is -0.398. The van der Waals surface area contributed by atoms with Gasteiger partial charge in [-0.05, 0) is 29.3 Å². The summed E-state index contributed by atoms with van der Waals surface area (Å²) in [6.07, 6.45) is -2.55. The lowest BCUT2D eigenvalue weighted by molar-refractivity contribution is -0.137. The third-order valence-electron chi connectivity index (χ3n) is 3.32. The van der Waals surface area contributed by atoms with Gasteiger partial charge in [0.1, 0.15) is 0 Å². The molecule has 0 saturated carbocycles. The van der Waals surface area contributed by atoms with Crippen molar-refractivity contribution in [1.29, 1.82) is 0 Å². The van der Waals surface area contributed by atoms with E-state index < -0.39 is 23.8 Å². The molecule has 2 aromatic carbocycles. The molecular weight excluding hydrogens is 319 g/mol. The largest absolute Gasteiger partial charge is 0.416 e. The minimum absolute atomic E-state index is 0.0939. The van der Waals surface area contributed by atoms with Crippen LogP contribution >= 0.6 is 0 Å². The van der Waals surface area contributed by atoms with Gasteiger partial charge >= 0.3 is 6.18 Å². The number of carbonyl (C=O) groups excluding carboxylic acids is 1. The van der Waals surface area contributed by atoms with Crippen LogP contribution in [0.3, 0.4) is 0 Å². The minimum atomic E-state index is -4.42. The highest BCUT2D eigenvalue weighted by atomic mass is 19.4. The van der Waals surface area contributed by atoms with Crippen LogP contribution in [0.25, 0.3) is 6.08 Å². The van der Waals surface area contributed by atoms with E-state index in [0.29, 0.717) is 5.56 Å². The Bertz CT molecular complexity index is 694. The van der Waals surface area contributed by atoms with Crippen LogP contribution in [-0.4, -0.2) is 17.6 Å². The fraction of sp³-hybridized carbons (Fsp3) is 0.167. The molecule has 24 heavy (non-hydrogen) atoms. The lowest BCUT2D eigenvalue weighted by atomic mass is 10.1. The predicted molar refractivity (Wildman–Crippen MR) is 84.9 cm³/mol. The number of rotatable bonds is 5. The van der Waals surface area contributed by atoms with Crippen LogP contribution in [0.15, 0.2) is 60.7 Å². The quantitative estimate of drug-likeness (QED) is 0.821. The van der Waals surface area contributed by atoms with Crippen LogP contribution < -0.4 is 5.32 Å². The molecule has 2 aromatic rings. The van der Waals surface area contributed by atoms with E-state index in [1.54, 1.807) is 6.08 Å². The zero-order valence-corrected chi connectivity index (χ0v) is 12.6. The molecular formula is C18H16F3NO2. The molecule has 0 unspecified atom stereocenters. The van der Waals surface area contributed by atoms with Crippen LogP contribution in [0.4, 0.5) is 13.2 Å². The van der Waals surface area contributed by atoms with Crippen LogP contribution in [0.1, 0.15) is 22.8 Å². The first kappa shape index (κ1) is 17.7. The van der Waals surface area contributed by atoms with Crippen LogP contribution in [0, 0.1) is 0 Å². The summed E-state index contributed by atoms with van der Waals surface area (Å²) >= 11 is 0.